The quantitative estimate of drug-likeness (QED) is 0.487. The Morgan fingerprint density at radius 2 is 2.05 bits per heavy atom. The number of anilines is 1. The van der Waals surface area contributed by atoms with E-state index < -0.39 is 15.8 Å². The van der Waals surface area contributed by atoms with Crippen LogP contribution in [-0.2, 0) is 14.6 Å². The first-order valence-electron chi connectivity index (χ1n) is 6.10. The summed E-state index contributed by atoms with van der Waals surface area (Å²) < 4.78 is 27.6. The lowest BCUT2D eigenvalue weighted by Gasteiger charge is -2.08. The molecular formula is C13H19NO4S. The Morgan fingerprint density at radius 3 is 2.68 bits per heavy atom. The first-order chi connectivity index (χ1) is 8.87. The zero-order valence-electron chi connectivity index (χ0n) is 11.2. The Kier molecular flexibility index (Phi) is 5.35. The Morgan fingerprint density at radius 1 is 1.37 bits per heavy atom. The molecule has 0 heterocycles. The average Bonchev–Trinajstić information content (AvgIpc) is 2.37. The molecule has 1 aromatic carbocycles. The molecule has 106 valence electrons. The van der Waals surface area contributed by atoms with Gasteiger partial charge in [0.2, 0.25) is 0 Å². The van der Waals surface area contributed by atoms with Crippen LogP contribution in [0, 0.1) is 6.92 Å². The van der Waals surface area contributed by atoms with Gasteiger partial charge in [0.15, 0.2) is 0 Å². The molecule has 0 fully saturated rings. The van der Waals surface area contributed by atoms with Crippen LogP contribution in [0.4, 0.5) is 5.69 Å². The van der Waals surface area contributed by atoms with Crippen molar-refractivity contribution in [3.05, 3.63) is 29.3 Å². The van der Waals surface area contributed by atoms with E-state index in [9.17, 15) is 13.2 Å². The average molecular weight is 285 g/mol. The van der Waals surface area contributed by atoms with Crippen LogP contribution in [0.15, 0.2) is 18.2 Å². The second-order valence-electron chi connectivity index (χ2n) is 4.25. The molecule has 1 aromatic rings. The minimum absolute atomic E-state index is 0.0344. The van der Waals surface area contributed by atoms with Gasteiger partial charge < -0.3 is 10.5 Å². The van der Waals surface area contributed by atoms with Gasteiger partial charge in [0.1, 0.15) is 9.84 Å². The van der Waals surface area contributed by atoms with Gasteiger partial charge in [-0.1, -0.05) is 13.0 Å². The van der Waals surface area contributed by atoms with Gasteiger partial charge >= 0.3 is 5.97 Å². The summed E-state index contributed by atoms with van der Waals surface area (Å²) in [5, 5.41) is 0. The number of rotatable bonds is 6. The molecule has 0 spiro atoms. The molecule has 0 aliphatic heterocycles. The van der Waals surface area contributed by atoms with Gasteiger partial charge in [-0.05, 0) is 31.0 Å². The number of sulfone groups is 1. The molecule has 0 bridgehead atoms. The molecule has 0 radical (unpaired) electrons. The number of carbonyl (C=O) groups excluding carboxylic acids is 1. The molecule has 0 saturated heterocycles. The van der Waals surface area contributed by atoms with Crippen LogP contribution < -0.4 is 5.73 Å². The number of carbonyl (C=O) groups is 1. The van der Waals surface area contributed by atoms with Gasteiger partial charge in [0.05, 0.1) is 17.9 Å². The summed E-state index contributed by atoms with van der Waals surface area (Å²) in [7, 11) is -3.01. The number of ether oxygens (including phenoxy) is 1. The molecule has 2 N–H and O–H groups in total. The summed E-state index contributed by atoms with van der Waals surface area (Å²) in [4.78, 5) is 11.8. The van der Waals surface area contributed by atoms with Gasteiger partial charge in [-0.2, -0.15) is 0 Å². The van der Waals surface area contributed by atoms with Crippen molar-refractivity contribution in [1.82, 2.24) is 0 Å². The smallest absolute Gasteiger partial charge is 0.338 e. The van der Waals surface area contributed by atoms with E-state index in [-0.39, 0.29) is 18.1 Å². The summed E-state index contributed by atoms with van der Waals surface area (Å²) in [6.45, 7) is 3.43. The molecular weight excluding hydrogens is 266 g/mol. The third-order valence-electron chi connectivity index (χ3n) is 2.87. The van der Waals surface area contributed by atoms with E-state index in [1.807, 2.05) is 0 Å². The van der Waals surface area contributed by atoms with E-state index >= 15 is 0 Å². The predicted molar refractivity (Wildman–Crippen MR) is 74.8 cm³/mol. The van der Waals surface area contributed by atoms with Gasteiger partial charge in [-0.3, -0.25) is 0 Å². The summed E-state index contributed by atoms with van der Waals surface area (Å²) >= 11 is 0. The van der Waals surface area contributed by atoms with Crippen molar-refractivity contribution in [1.29, 1.82) is 0 Å². The molecule has 5 nitrogen and oxygen atoms in total. The monoisotopic (exact) mass is 285 g/mol. The molecule has 0 atom stereocenters. The van der Waals surface area contributed by atoms with Gasteiger partial charge in [0, 0.05) is 11.4 Å². The van der Waals surface area contributed by atoms with Gasteiger partial charge in [0.25, 0.3) is 0 Å². The highest BCUT2D eigenvalue weighted by Crippen LogP contribution is 2.16. The highest BCUT2D eigenvalue weighted by atomic mass is 32.2. The minimum Gasteiger partial charge on any atom is -0.462 e. The summed E-state index contributed by atoms with van der Waals surface area (Å²) in [6, 6.07) is 5.03. The standard InChI is InChI=1S/C13H19NO4S/c1-3-19(16,17)9-5-8-18-13(15)11-6-4-7-12(14)10(11)2/h4,6-7H,3,5,8-9,14H2,1-2H3. The summed E-state index contributed by atoms with van der Waals surface area (Å²) in [5.74, 6) is -0.333. The number of hydrogen-bond acceptors (Lipinski definition) is 5. The van der Waals surface area contributed by atoms with Crippen molar-refractivity contribution < 1.29 is 17.9 Å². The maximum atomic E-state index is 11.8. The van der Waals surface area contributed by atoms with E-state index in [2.05, 4.69) is 0 Å². The molecule has 0 amide bonds. The number of nitrogen functional groups attached to an aromatic ring is 1. The Balaban J connectivity index is 2.51. The third-order valence-corrected chi connectivity index (χ3v) is 4.66. The van der Waals surface area contributed by atoms with Crippen LogP contribution >= 0.6 is 0 Å². The van der Waals surface area contributed by atoms with E-state index in [1.54, 1.807) is 32.0 Å². The third kappa shape index (κ3) is 4.55. The first-order valence-corrected chi connectivity index (χ1v) is 7.92. The van der Waals surface area contributed by atoms with E-state index in [1.165, 1.54) is 0 Å². The maximum absolute atomic E-state index is 11.8. The van der Waals surface area contributed by atoms with Crippen molar-refractivity contribution in [2.45, 2.75) is 20.3 Å². The fourth-order valence-electron chi connectivity index (χ4n) is 1.54. The number of benzene rings is 1. The number of nitrogens with two attached hydrogens (primary N) is 1. The fraction of sp³-hybridized carbons (Fsp3) is 0.462. The number of esters is 1. The van der Waals surface area contributed by atoms with E-state index in [0.717, 1.165) is 0 Å². The highest BCUT2D eigenvalue weighted by Gasteiger charge is 2.12. The molecule has 0 saturated carbocycles. The van der Waals surface area contributed by atoms with Gasteiger partial charge in [-0.15, -0.1) is 0 Å². The Hall–Kier alpha value is -1.56. The molecule has 1 rings (SSSR count). The van der Waals surface area contributed by atoms with Crippen molar-refractivity contribution in [2.24, 2.45) is 0 Å². The molecule has 0 aliphatic rings. The zero-order valence-corrected chi connectivity index (χ0v) is 12.0. The lowest BCUT2D eigenvalue weighted by atomic mass is 10.1. The van der Waals surface area contributed by atoms with Crippen LogP contribution in [0.1, 0.15) is 29.3 Å². The Labute approximate surface area is 113 Å². The van der Waals surface area contributed by atoms with Gasteiger partial charge in [-0.25, -0.2) is 13.2 Å². The lowest BCUT2D eigenvalue weighted by Crippen LogP contribution is -2.14. The number of hydrogen-bond donors (Lipinski definition) is 1. The van der Waals surface area contributed by atoms with Crippen LogP contribution in [0.5, 0.6) is 0 Å². The molecule has 6 heteroatoms. The van der Waals surface area contributed by atoms with Crippen molar-refractivity contribution in [3.63, 3.8) is 0 Å². The SMILES string of the molecule is CCS(=O)(=O)CCCOC(=O)c1cccc(N)c1C. The van der Waals surface area contributed by atoms with Crippen LogP contribution in [0.25, 0.3) is 0 Å². The second-order valence-corrected chi connectivity index (χ2v) is 6.72. The minimum atomic E-state index is -3.01. The molecule has 0 unspecified atom stereocenters. The topological polar surface area (TPSA) is 86.5 Å². The largest absolute Gasteiger partial charge is 0.462 e. The maximum Gasteiger partial charge on any atom is 0.338 e. The fourth-order valence-corrected chi connectivity index (χ4v) is 2.39. The van der Waals surface area contributed by atoms with Crippen LogP contribution in [0.2, 0.25) is 0 Å². The summed E-state index contributed by atoms with van der Waals surface area (Å²) in [5.41, 5.74) is 7.32. The Bertz CT molecular complexity index is 552. The highest BCUT2D eigenvalue weighted by molar-refractivity contribution is 7.91. The van der Waals surface area contributed by atoms with Crippen molar-refractivity contribution in [2.75, 3.05) is 23.8 Å². The lowest BCUT2D eigenvalue weighted by molar-refractivity contribution is 0.0505. The van der Waals surface area contributed by atoms with Crippen LogP contribution in [0.3, 0.4) is 0 Å². The second kappa shape index (κ2) is 6.56. The first kappa shape index (κ1) is 15.5. The predicted octanol–water partition coefficient (Wildman–Crippen LogP) is 1.56. The van der Waals surface area contributed by atoms with E-state index in [4.69, 9.17) is 10.5 Å². The van der Waals surface area contributed by atoms with E-state index in [0.29, 0.717) is 23.2 Å². The normalized spacial score (nSPS) is 11.3. The molecule has 0 aromatic heterocycles. The van der Waals surface area contributed by atoms with Crippen LogP contribution in [-0.4, -0.2) is 32.5 Å². The zero-order chi connectivity index (χ0) is 14.5. The summed E-state index contributed by atoms with van der Waals surface area (Å²) in [6.07, 6.45) is 0.309. The molecule has 19 heavy (non-hydrogen) atoms. The molecule has 0 aliphatic carbocycles. The van der Waals surface area contributed by atoms with Crippen molar-refractivity contribution >= 4 is 21.5 Å². The van der Waals surface area contributed by atoms with Crippen molar-refractivity contribution in [3.8, 4) is 0 Å².